The number of carbonyl (C=O) groups excluding carboxylic acids is 1. The standard InChI is InChI=1S/C23H25ClFN3O/c1-2-5-22(29)16-7-4-3-6-14(16)10-21-19(25)13-27-23(28-21)17-8-9-20-18(17)11-15(24)12-26-20/h8,11-14,16H,2-7,9-10H2,1H3/t14-,16-/m1/s1. The van der Waals surface area contributed by atoms with E-state index in [0.29, 0.717) is 41.6 Å². The zero-order chi connectivity index (χ0) is 20.4. The molecule has 29 heavy (non-hydrogen) atoms. The van der Waals surface area contributed by atoms with Crippen LogP contribution in [0.15, 0.2) is 24.5 Å². The number of Topliss-reactive ketones (excluding diaryl/α,β-unsaturated/α-hetero) is 1. The van der Waals surface area contributed by atoms with E-state index in [4.69, 9.17) is 11.6 Å². The molecule has 0 saturated heterocycles. The Balaban J connectivity index is 1.60. The van der Waals surface area contributed by atoms with Crippen LogP contribution in [-0.4, -0.2) is 20.7 Å². The summed E-state index contributed by atoms with van der Waals surface area (Å²) >= 11 is 6.11. The second kappa shape index (κ2) is 8.70. The minimum atomic E-state index is -0.399. The van der Waals surface area contributed by atoms with E-state index in [9.17, 15) is 9.18 Å². The van der Waals surface area contributed by atoms with Gasteiger partial charge in [-0.1, -0.05) is 37.4 Å². The van der Waals surface area contributed by atoms with Crippen LogP contribution < -0.4 is 0 Å². The number of nitrogens with zero attached hydrogens (tertiary/aromatic N) is 3. The number of carbonyl (C=O) groups is 1. The molecule has 0 amide bonds. The number of hydrogen-bond acceptors (Lipinski definition) is 4. The van der Waals surface area contributed by atoms with Crippen molar-refractivity contribution in [2.24, 2.45) is 11.8 Å². The molecule has 2 aromatic rings. The van der Waals surface area contributed by atoms with Gasteiger partial charge in [0.15, 0.2) is 11.6 Å². The van der Waals surface area contributed by atoms with Gasteiger partial charge in [-0.15, -0.1) is 0 Å². The largest absolute Gasteiger partial charge is 0.299 e. The highest BCUT2D eigenvalue weighted by Gasteiger charge is 2.31. The van der Waals surface area contributed by atoms with Crippen molar-refractivity contribution in [3.05, 3.63) is 58.2 Å². The molecule has 2 aliphatic carbocycles. The fourth-order valence-corrected chi connectivity index (χ4v) is 4.77. The molecule has 0 spiro atoms. The SMILES string of the molecule is CCCC(=O)[C@@H]1CCCC[C@@H]1Cc1nc(C2=CCc3ncc(Cl)cc32)ncc1F. The summed E-state index contributed by atoms with van der Waals surface area (Å²) in [4.78, 5) is 25.8. The topological polar surface area (TPSA) is 55.7 Å². The third-order valence-electron chi connectivity index (χ3n) is 6.06. The number of allylic oxidation sites excluding steroid dienone is 1. The van der Waals surface area contributed by atoms with Crippen LogP contribution in [0.3, 0.4) is 0 Å². The lowest BCUT2D eigenvalue weighted by molar-refractivity contribution is -0.125. The van der Waals surface area contributed by atoms with Crippen LogP contribution in [-0.2, 0) is 17.6 Å². The zero-order valence-corrected chi connectivity index (χ0v) is 17.4. The van der Waals surface area contributed by atoms with Crippen LogP contribution in [0.4, 0.5) is 4.39 Å². The van der Waals surface area contributed by atoms with Gasteiger partial charge in [0.2, 0.25) is 0 Å². The molecule has 1 saturated carbocycles. The van der Waals surface area contributed by atoms with Crippen LogP contribution >= 0.6 is 11.6 Å². The highest BCUT2D eigenvalue weighted by Crippen LogP contribution is 2.35. The number of halogens is 2. The molecule has 4 nitrogen and oxygen atoms in total. The Bertz CT molecular complexity index is 959. The number of hydrogen-bond donors (Lipinski definition) is 0. The fourth-order valence-electron chi connectivity index (χ4n) is 4.62. The smallest absolute Gasteiger partial charge is 0.163 e. The van der Waals surface area contributed by atoms with Crippen molar-refractivity contribution in [1.29, 1.82) is 0 Å². The summed E-state index contributed by atoms with van der Waals surface area (Å²) in [5.74, 6) is 0.595. The molecule has 0 N–H and O–H groups in total. The average molecular weight is 414 g/mol. The summed E-state index contributed by atoms with van der Waals surface area (Å²) in [6, 6.07) is 1.86. The van der Waals surface area contributed by atoms with Crippen LogP contribution in [0.5, 0.6) is 0 Å². The molecule has 152 valence electrons. The minimum absolute atomic E-state index is 0.0240. The Morgan fingerprint density at radius 2 is 2.07 bits per heavy atom. The van der Waals surface area contributed by atoms with E-state index >= 15 is 0 Å². The average Bonchev–Trinajstić information content (AvgIpc) is 3.13. The first kappa shape index (κ1) is 20.1. The Morgan fingerprint density at radius 3 is 2.90 bits per heavy atom. The van der Waals surface area contributed by atoms with Gasteiger partial charge in [-0.2, -0.15) is 0 Å². The summed E-state index contributed by atoms with van der Waals surface area (Å²) in [6.07, 6.45) is 11.5. The van der Waals surface area contributed by atoms with Crippen molar-refractivity contribution in [2.45, 2.75) is 58.3 Å². The van der Waals surface area contributed by atoms with Crippen LogP contribution in [0, 0.1) is 17.7 Å². The van der Waals surface area contributed by atoms with Gasteiger partial charge in [0.1, 0.15) is 5.78 Å². The van der Waals surface area contributed by atoms with Crippen molar-refractivity contribution in [2.75, 3.05) is 0 Å². The Morgan fingerprint density at radius 1 is 1.24 bits per heavy atom. The summed E-state index contributed by atoms with van der Waals surface area (Å²) in [6.45, 7) is 2.03. The maximum atomic E-state index is 14.6. The van der Waals surface area contributed by atoms with Gasteiger partial charge in [0.05, 0.1) is 22.6 Å². The van der Waals surface area contributed by atoms with Crippen LogP contribution in [0.25, 0.3) is 5.57 Å². The molecule has 0 aromatic carbocycles. The van der Waals surface area contributed by atoms with E-state index in [1.54, 1.807) is 6.20 Å². The van der Waals surface area contributed by atoms with E-state index < -0.39 is 5.82 Å². The normalized spacial score (nSPS) is 21.0. The van der Waals surface area contributed by atoms with E-state index in [-0.39, 0.29) is 11.8 Å². The molecular formula is C23H25ClFN3O. The molecule has 0 aliphatic heterocycles. The minimum Gasteiger partial charge on any atom is -0.299 e. The fraction of sp³-hybridized carbons (Fsp3) is 0.478. The van der Waals surface area contributed by atoms with Gasteiger partial charge in [0.25, 0.3) is 0 Å². The molecule has 1 fully saturated rings. The lowest BCUT2D eigenvalue weighted by atomic mass is 9.74. The molecule has 4 rings (SSSR count). The zero-order valence-electron chi connectivity index (χ0n) is 16.6. The summed E-state index contributed by atoms with van der Waals surface area (Å²) in [5, 5.41) is 0.554. The number of ketones is 1. The Labute approximate surface area is 175 Å². The highest BCUT2D eigenvalue weighted by molar-refractivity contribution is 6.30. The van der Waals surface area contributed by atoms with Crippen molar-refractivity contribution in [3.8, 4) is 0 Å². The van der Waals surface area contributed by atoms with Gasteiger partial charge >= 0.3 is 0 Å². The third kappa shape index (κ3) is 4.25. The van der Waals surface area contributed by atoms with Gasteiger partial charge in [-0.3, -0.25) is 9.78 Å². The van der Waals surface area contributed by atoms with Crippen LogP contribution in [0.2, 0.25) is 5.02 Å². The van der Waals surface area contributed by atoms with E-state index in [1.807, 2.05) is 19.1 Å². The van der Waals surface area contributed by atoms with Crippen molar-refractivity contribution in [3.63, 3.8) is 0 Å². The lowest BCUT2D eigenvalue weighted by Gasteiger charge is -2.30. The summed E-state index contributed by atoms with van der Waals surface area (Å²) in [5.41, 5.74) is 3.08. The predicted octanol–water partition coefficient (Wildman–Crippen LogP) is 5.37. The van der Waals surface area contributed by atoms with Crippen molar-refractivity contribution >= 4 is 23.0 Å². The van der Waals surface area contributed by atoms with E-state index in [2.05, 4.69) is 15.0 Å². The predicted molar refractivity (Wildman–Crippen MR) is 111 cm³/mol. The number of aromatic nitrogens is 3. The molecular weight excluding hydrogens is 389 g/mol. The molecule has 2 atom stereocenters. The second-order valence-corrected chi connectivity index (χ2v) is 8.47. The quantitative estimate of drug-likeness (QED) is 0.638. The number of rotatable bonds is 6. The summed E-state index contributed by atoms with van der Waals surface area (Å²) in [7, 11) is 0. The van der Waals surface area contributed by atoms with E-state index in [0.717, 1.165) is 48.9 Å². The molecule has 0 unspecified atom stereocenters. The number of pyridine rings is 1. The highest BCUT2D eigenvalue weighted by atomic mass is 35.5. The molecule has 2 aromatic heterocycles. The summed E-state index contributed by atoms with van der Waals surface area (Å²) < 4.78 is 14.6. The molecule has 6 heteroatoms. The monoisotopic (exact) mass is 413 g/mol. The first-order chi connectivity index (χ1) is 14.1. The second-order valence-electron chi connectivity index (χ2n) is 8.03. The Kier molecular flexibility index (Phi) is 6.04. The Hall–Kier alpha value is -2.14. The van der Waals surface area contributed by atoms with Gasteiger partial charge in [-0.25, -0.2) is 14.4 Å². The molecule has 2 heterocycles. The third-order valence-corrected chi connectivity index (χ3v) is 6.27. The molecule has 0 bridgehead atoms. The van der Waals surface area contributed by atoms with Crippen molar-refractivity contribution < 1.29 is 9.18 Å². The van der Waals surface area contributed by atoms with Gasteiger partial charge in [0, 0.05) is 36.1 Å². The van der Waals surface area contributed by atoms with Gasteiger partial charge < -0.3 is 0 Å². The first-order valence-electron chi connectivity index (χ1n) is 10.5. The van der Waals surface area contributed by atoms with Crippen LogP contribution in [0.1, 0.15) is 68.2 Å². The molecule has 2 aliphatic rings. The maximum Gasteiger partial charge on any atom is 0.163 e. The lowest BCUT2D eigenvalue weighted by Crippen LogP contribution is -2.29. The van der Waals surface area contributed by atoms with Gasteiger partial charge in [-0.05, 0) is 37.7 Å². The number of fused-ring (bicyclic) bond motifs is 1. The molecule has 0 radical (unpaired) electrons. The maximum absolute atomic E-state index is 14.6. The first-order valence-corrected chi connectivity index (χ1v) is 10.8. The van der Waals surface area contributed by atoms with Crippen molar-refractivity contribution in [1.82, 2.24) is 15.0 Å². The van der Waals surface area contributed by atoms with E-state index in [1.165, 1.54) is 6.20 Å².